The molecule has 0 bridgehead atoms. The number of rotatable bonds is 4. The SMILES string of the molecule is CC(C)NS(=O)(=O)C1CC1C(=O)O. The predicted octanol–water partition coefficient (Wildman–Crippen LogP) is -0.213. The zero-order valence-corrected chi connectivity index (χ0v) is 8.34. The third-order valence-electron chi connectivity index (χ3n) is 1.85. The zero-order valence-electron chi connectivity index (χ0n) is 7.52. The number of hydrogen-bond donors (Lipinski definition) is 2. The Morgan fingerprint density at radius 3 is 2.38 bits per heavy atom. The third-order valence-corrected chi connectivity index (χ3v) is 3.97. The molecule has 1 rings (SSSR count). The molecule has 0 heterocycles. The Balaban J connectivity index is 2.60. The summed E-state index contributed by atoms with van der Waals surface area (Å²) in [5.41, 5.74) is 0. The lowest BCUT2D eigenvalue weighted by Gasteiger charge is -2.07. The van der Waals surface area contributed by atoms with Crippen LogP contribution >= 0.6 is 0 Å². The van der Waals surface area contributed by atoms with Crippen molar-refractivity contribution in [1.29, 1.82) is 0 Å². The molecule has 0 aromatic rings. The largest absolute Gasteiger partial charge is 0.481 e. The molecule has 5 nitrogen and oxygen atoms in total. The van der Waals surface area contributed by atoms with Gasteiger partial charge in [0.15, 0.2) is 0 Å². The quantitative estimate of drug-likeness (QED) is 0.668. The first kappa shape index (κ1) is 10.5. The van der Waals surface area contributed by atoms with Gasteiger partial charge >= 0.3 is 5.97 Å². The van der Waals surface area contributed by atoms with Crippen LogP contribution in [0.1, 0.15) is 20.3 Å². The van der Waals surface area contributed by atoms with E-state index in [-0.39, 0.29) is 12.5 Å². The van der Waals surface area contributed by atoms with E-state index in [2.05, 4.69) is 4.72 Å². The minimum atomic E-state index is -3.41. The van der Waals surface area contributed by atoms with Crippen LogP contribution in [-0.2, 0) is 14.8 Å². The number of sulfonamides is 1. The van der Waals surface area contributed by atoms with Gasteiger partial charge in [-0.25, -0.2) is 13.1 Å². The van der Waals surface area contributed by atoms with Gasteiger partial charge in [-0.05, 0) is 20.3 Å². The highest BCUT2D eigenvalue weighted by atomic mass is 32.2. The lowest BCUT2D eigenvalue weighted by Crippen LogP contribution is -2.34. The number of carbonyl (C=O) groups is 1. The van der Waals surface area contributed by atoms with Crippen LogP contribution < -0.4 is 4.72 Å². The summed E-state index contributed by atoms with van der Waals surface area (Å²) >= 11 is 0. The highest BCUT2D eigenvalue weighted by molar-refractivity contribution is 7.90. The van der Waals surface area contributed by atoms with Gasteiger partial charge < -0.3 is 5.11 Å². The Labute approximate surface area is 77.2 Å². The molecule has 2 atom stereocenters. The maximum absolute atomic E-state index is 11.3. The maximum atomic E-state index is 11.3. The number of carboxylic acids is 1. The Bertz CT molecular complexity index is 308. The van der Waals surface area contributed by atoms with E-state index in [1.165, 1.54) is 0 Å². The highest BCUT2D eigenvalue weighted by Crippen LogP contribution is 2.36. The Morgan fingerprint density at radius 1 is 1.54 bits per heavy atom. The van der Waals surface area contributed by atoms with Crippen molar-refractivity contribution in [3.8, 4) is 0 Å². The average Bonchev–Trinajstić information content (AvgIpc) is 2.59. The monoisotopic (exact) mass is 207 g/mol. The van der Waals surface area contributed by atoms with Crippen molar-refractivity contribution in [2.24, 2.45) is 5.92 Å². The van der Waals surface area contributed by atoms with E-state index in [4.69, 9.17) is 5.11 Å². The molecule has 1 saturated carbocycles. The minimum absolute atomic E-state index is 0.181. The van der Waals surface area contributed by atoms with E-state index in [1.807, 2.05) is 0 Å². The predicted molar refractivity (Wildman–Crippen MR) is 46.7 cm³/mol. The van der Waals surface area contributed by atoms with Gasteiger partial charge in [0.25, 0.3) is 0 Å². The molecular formula is C7H13NO4S. The van der Waals surface area contributed by atoms with E-state index in [0.717, 1.165) is 0 Å². The molecule has 2 unspecified atom stereocenters. The smallest absolute Gasteiger partial charge is 0.307 e. The van der Waals surface area contributed by atoms with Crippen molar-refractivity contribution in [2.75, 3.05) is 0 Å². The average molecular weight is 207 g/mol. The Morgan fingerprint density at radius 2 is 2.08 bits per heavy atom. The van der Waals surface area contributed by atoms with Gasteiger partial charge in [0.2, 0.25) is 10.0 Å². The van der Waals surface area contributed by atoms with Crippen LogP contribution in [0.5, 0.6) is 0 Å². The third kappa shape index (κ3) is 2.41. The van der Waals surface area contributed by atoms with E-state index >= 15 is 0 Å². The van der Waals surface area contributed by atoms with Gasteiger partial charge in [-0.1, -0.05) is 0 Å². The maximum Gasteiger partial charge on any atom is 0.307 e. The van der Waals surface area contributed by atoms with Crippen molar-refractivity contribution >= 4 is 16.0 Å². The summed E-state index contributed by atoms with van der Waals surface area (Å²) in [5, 5.41) is 7.80. The van der Waals surface area contributed by atoms with Crippen molar-refractivity contribution in [2.45, 2.75) is 31.6 Å². The van der Waals surface area contributed by atoms with Crippen LogP contribution in [0.2, 0.25) is 0 Å². The molecule has 0 aliphatic heterocycles. The number of aliphatic carboxylic acids is 1. The molecule has 0 saturated heterocycles. The summed E-state index contributed by atoms with van der Waals surface area (Å²) in [5.74, 6) is -1.74. The van der Waals surface area contributed by atoms with Gasteiger partial charge in [-0.3, -0.25) is 4.79 Å². The summed E-state index contributed by atoms with van der Waals surface area (Å²) in [6.45, 7) is 3.41. The van der Waals surface area contributed by atoms with Crippen molar-refractivity contribution in [1.82, 2.24) is 4.72 Å². The molecule has 0 aromatic carbocycles. The summed E-state index contributed by atoms with van der Waals surface area (Å²) in [7, 11) is -3.41. The van der Waals surface area contributed by atoms with Crippen LogP contribution in [-0.4, -0.2) is 30.8 Å². The first-order chi connectivity index (χ1) is 5.84. The van der Waals surface area contributed by atoms with Crippen molar-refractivity contribution < 1.29 is 18.3 Å². The normalized spacial score (nSPS) is 27.6. The van der Waals surface area contributed by atoms with Gasteiger partial charge in [-0.2, -0.15) is 0 Å². The topological polar surface area (TPSA) is 83.5 Å². The minimum Gasteiger partial charge on any atom is -0.481 e. The fraction of sp³-hybridized carbons (Fsp3) is 0.857. The molecule has 0 radical (unpaired) electrons. The molecule has 6 heteroatoms. The van der Waals surface area contributed by atoms with E-state index in [9.17, 15) is 13.2 Å². The highest BCUT2D eigenvalue weighted by Gasteiger charge is 2.52. The molecule has 1 aliphatic carbocycles. The van der Waals surface area contributed by atoms with Crippen LogP contribution in [0.15, 0.2) is 0 Å². The standard InChI is InChI=1S/C7H13NO4S/c1-4(2)8-13(11,12)6-3-5(6)7(9)10/h4-6,8H,3H2,1-2H3,(H,9,10). The fourth-order valence-corrected chi connectivity index (χ4v) is 3.03. The lowest BCUT2D eigenvalue weighted by atomic mass is 10.4. The summed E-state index contributed by atoms with van der Waals surface area (Å²) in [6, 6.07) is -0.181. The number of hydrogen-bond acceptors (Lipinski definition) is 3. The van der Waals surface area contributed by atoms with Crippen LogP contribution in [0.4, 0.5) is 0 Å². The second kappa shape index (κ2) is 3.26. The van der Waals surface area contributed by atoms with E-state index in [1.54, 1.807) is 13.8 Å². The molecule has 0 amide bonds. The second-order valence-electron chi connectivity index (χ2n) is 3.54. The van der Waals surface area contributed by atoms with Gasteiger partial charge in [0, 0.05) is 6.04 Å². The van der Waals surface area contributed by atoms with Crippen LogP contribution in [0.3, 0.4) is 0 Å². The number of nitrogens with one attached hydrogen (secondary N) is 1. The van der Waals surface area contributed by atoms with Gasteiger partial charge in [0.1, 0.15) is 0 Å². The van der Waals surface area contributed by atoms with Gasteiger partial charge in [0.05, 0.1) is 11.2 Å². The summed E-state index contributed by atoms with van der Waals surface area (Å²) < 4.78 is 25.1. The first-order valence-electron chi connectivity index (χ1n) is 4.08. The molecule has 76 valence electrons. The first-order valence-corrected chi connectivity index (χ1v) is 5.63. The van der Waals surface area contributed by atoms with Crippen LogP contribution in [0.25, 0.3) is 0 Å². The van der Waals surface area contributed by atoms with E-state index < -0.39 is 27.2 Å². The van der Waals surface area contributed by atoms with Crippen molar-refractivity contribution in [3.05, 3.63) is 0 Å². The Hall–Kier alpha value is -0.620. The van der Waals surface area contributed by atoms with Crippen molar-refractivity contribution in [3.63, 3.8) is 0 Å². The molecule has 1 aliphatic rings. The fourth-order valence-electron chi connectivity index (χ4n) is 1.19. The number of carboxylic acid groups (broad SMARTS) is 1. The molecule has 0 spiro atoms. The molecule has 13 heavy (non-hydrogen) atoms. The lowest BCUT2D eigenvalue weighted by molar-refractivity contribution is -0.138. The molecular weight excluding hydrogens is 194 g/mol. The van der Waals surface area contributed by atoms with E-state index in [0.29, 0.717) is 0 Å². The second-order valence-corrected chi connectivity index (χ2v) is 5.47. The van der Waals surface area contributed by atoms with Gasteiger partial charge in [-0.15, -0.1) is 0 Å². The molecule has 2 N–H and O–H groups in total. The Kier molecular flexibility index (Phi) is 2.63. The summed E-state index contributed by atoms with van der Waals surface area (Å²) in [6.07, 6.45) is 0.234. The van der Waals surface area contributed by atoms with Crippen LogP contribution in [0, 0.1) is 5.92 Å². The molecule has 1 fully saturated rings. The molecule has 0 aromatic heterocycles. The summed E-state index contributed by atoms with van der Waals surface area (Å²) in [4.78, 5) is 10.4. The zero-order chi connectivity index (χ0) is 10.2.